The molecule has 4 aromatic heterocycles. The van der Waals surface area contributed by atoms with Gasteiger partial charge in [0.25, 0.3) is 11.8 Å². The lowest BCUT2D eigenvalue weighted by molar-refractivity contribution is -0.138. The Kier molecular flexibility index (Phi) is 6.69. The van der Waals surface area contributed by atoms with E-state index in [4.69, 9.17) is 16.6 Å². The average Bonchev–Trinajstić information content (AvgIpc) is 3.43. The molecule has 4 aromatic rings. The normalized spacial score (nSPS) is 10.7. The number of Topliss-reactive ketones (excluding diaryl/α,β-unsaturated/α-hetero) is 1. The molecule has 4 heterocycles. The Morgan fingerprint density at radius 1 is 0.829 bits per heavy atom. The lowest BCUT2D eigenvalue weighted by Crippen LogP contribution is -2.32. The topological polar surface area (TPSA) is 271 Å². The average molecular weight is 488 g/mol. The molecule has 2 amide bonds. The van der Waals surface area contributed by atoms with Crippen LogP contribution in [0.1, 0.15) is 34.3 Å². The molecule has 0 atom stereocenters. The SMILES string of the molecule is CCC(=O)Cn1nnc2c(C(N)=O)ncn2c1=O.NC(=O)c1ncn2c(=O)n(CC(=O)O)nnc12. The zero-order chi connectivity index (χ0) is 25.9. The molecule has 4 rings (SSSR count). The fourth-order valence-corrected chi connectivity index (χ4v) is 2.63. The van der Waals surface area contributed by atoms with Crippen LogP contribution in [-0.2, 0) is 22.7 Å². The maximum atomic E-state index is 11.9. The van der Waals surface area contributed by atoms with Gasteiger partial charge in [0.05, 0.1) is 0 Å². The van der Waals surface area contributed by atoms with E-state index >= 15 is 0 Å². The molecule has 0 unspecified atom stereocenters. The van der Waals surface area contributed by atoms with Crippen molar-refractivity contribution in [1.82, 2.24) is 48.8 Å². The molecule has 0 saturated carbocycles. The molecule has 19 nitrogen and oxygen atoms in total. The molecule has 0 saturated heterocycles. The van der Waals surface area contributed by atoms with Gasteiger partial charge in [-0.05, 0) is 0 Å². The van der Waals surface area contributed by atoms with Crippen LogP contribution in [0.2, 0.25) is 0 Å². The number of rotatable bonds is 7. The highest BCUT2D eigenvalue weighted by Crippen LogP contribution is 2.01. The Hall–Kier alpha value is -5.36. The number of hydrogen-bond donors (Lipinski definition) is 3. The van der Waals surface area contributed by atoms with E-state index in [0.717, 1.165) is 26.1 Å². The van der Waals surface area contributed by atoms with Crippen molar-refractivity contribution in [3.05, 3.63) is 45.0 Å². The quantitative estimate of drug-likeness (QED) is 0.223. The number of aliphatic carboxylic acids is 1. The first-order valence-corrected chi connectivity index (χ1v) is 9.49. The van der Waals surface area contributed by atoms with Crippen LogP contribution in [0, 0.1) is 0 Å². The van der Waals surface area contributed by atoms with Crippen LogP contribution in [0.3, 0.4) is 0 Å². The zero-order valence-corrected chi connectivity index (χ0v) is 17.8. The Balaban J connectivity index is 0.000000196. The van der Waals surface area contributed by atoms with Crippen LogP contribution in [-0.4, -0.2) is 77.4 Å². The minimum absolute atomic E-state index is 0.0207. The smallest absolute Gasteiger partial charge is 0.353 e. The summed E-state index contributed by atoms with van der Waals surface area (Å²) in [7, 11) is 0. The summed E-state index contributed by atoms with van der Waals surface area (Å²) < 4.78 is 3.46. The number of nitrogens with zero attached hydrogens (tertiary/aromatic N) is 10. The second-order valence-electron chi connectivity index (χ2n) is 6.65. The first kappa shape index (κ1) is 24.3. The molecule has 0 spiro atoms. The molecule has 0 aromatic carbocycles. The number of primary amides is 2. The lowest BCUT2D eigenvalue weighted by atomic mass is 10.3. The molecular weight excluding hydrogens is 472 g/mol. The molecule has 0 bridgehead atoms. The summed E-state index contributed by atoms with van der Waals surface area (Å²) in [6.07, 6.45) is 2.45. The van der Waals surface area contributed by atoms with Crippen LogP contribution in [0.4, 0.5) is 0 Å². The fraction of sp³-hybridized carbons (Fsp3) is 0.250. The van der Waals surface area contributed by atoms with Gasteiger partial charge in [-0.3, -0.25) is 19.2 Å². The predicted molar refractivity (Wildman–Crippen MR) is 110 cm³/mol. The number of aromatic nitrogens is 10. The van der Waals surface area contributed by atoms with E-state index in [0.29, 0.717) is 11.1 Å². The Morgan fingerprint density at radius 3 is 1.63 bits per heavy atom. The molecule has 0 fully saturated rings. The van der Waals surface area contributed by atoms with Crippen LogP contribution in [0.5, 0.6) is 0 Å². The highest BCUT2D eigenvalue weighted by atomic mass is 16.4. The number of nitrogens with two attached hydrogens (primary N) is 2. The van der Waals surface area contributed by atoms with Crippen molar-refractivity contribution in [2.45, 2.75) is 26.4 Å². The number of imidazole rings is 2. The van der Waals surface area contributed by atoms with E-state index < -0.39 is 35.7 Å². The summed E-state index contributed by atoms with van der Waals surface area (Å²) in [5.74, 6) is -3.04. The second kappa shape index (κ2) is 9.64. The van der Waals surface area contributed by atoms with Crippen LogP contribution in [0.25, 0.3) is 11.3 Å². The third-order valence-corrected chi connectivity index (χ3v) is 4.31. The number of carboxylic acid groups (broad SMARTS) is 1. The molecule has 0 radical (unpaired) electrons. The van der Waals surface area contributed by atoms with E-state index in [-0.39, 0.29) is 35.0 Å². The first-order chi connectivity index (χ1) is 16.5. The number of carbonyl (C=O) groups is 4. The summed E-state index contributed by atoms with van der Waals surface area (Å²) in [6.45, 7) is 0.885. The molecule has 182 valence electrons. The van der Waals surface area contributed by atoms with Crippen molar-refractivity contribution in [3.8, 4) is 0 Å². The summed E-state index contributed by atoms with van der Waals surface area (Å²) in [6, 6.07) is 0. The Bertz CT molecular complexity index is 1590. The number of fused-ring (bicyclic) bond motifs is 2. The predicted octanol–water partition coefficient (Wildman–Crippen LogP) is -4.17. The van der Waals surface area contributed by atoms with Crippen molar-refractivity contribution >= 4 is 34.9 Å². The maximum Gasteiger partial charge on any atom is 0.353 e. The summed E-state index contributed by atoms with van der Waals surface area (Å²) in [4.78, 5) is 74.5. The van der Waals surface area contributed by atoms with E-state index in [1.807, 2.05) is 0 Å². The third kappa shape index (κ3) is 4.86. The Labute approximate surface area is 191 Å². The largest absolute Gasteiger partial charge is 0.480 e. The van der Waals surface area contributed by atoms with Crippen molar-refractivity contribution < 1.29 is 24.3 Å². The number of carboxylic acids is 1. The van der Waals surface area contributed by atoms with Crippen molar-refractivity contribution in [1.29, 1.82) is 0 Å². The molecule has 5 N–H and O–H groups in total. The van der Waals surface area contributed by atoms with Crippen molar-refractivity contribution in [2.24, 2.45) is 11.5 Å². The van der Waals surface area contributed by atoms with E-state index in [9.17, 15) is 28.8 Å². The van der Waals surface area contributed by atoms with Crippen LogP contribution >= 0.6 is 0 Å². The number of hydrogen-bond acceptors (Lipinski definition) is 12. The molecule has 0 aliphatic heterocycles. The summed E-state index contributed by atoms with van der Waals surface area (Å²) in [5.41, 5.74) is 8.26. The Morgan fingerprint density at radius 2 is 1.26 bits per heavy atom. The van der Waals surface area contributed by atoms with Gasteiger partial charge in [0.15, 0.2) is 28.5 Å². The van der Waals surface area contributed by atoms with Gasteiger partial charge >= 0.3 is 17.3 Å². The van der Waals surface area contributed by atoms with Crippen molar-refractivity contribution in [2.75, 3.05) is 0 Å². The van der Waals surface area contributed by atoms with Crippen LogP contribution < -0.4 is 22.8 Å². The molecule has 35 heavy (non-hydrogen) atoms. The van der Waals surface area contributed by atoms with Gasteiger partial charge in [-0.15, -0.1) is 10.2 Å². The molecule has 0 aliphatic rings. The highest BCUT2D eigenvalue weighted by molar-refractivity contribution is 5.97. The van der Waals surface area contributed by atoms with Gasteiger partial charge in [-0.2, -0.15) is 9.36 Å². The van der Waals surface area contributed by atoms with Gasteiger partial charge in [0.2, 0.25) is 0 Å². The minimum Gasteiger partial charge on any atom is -0.480 e. The van der Waals surface area contributed by atoms with Gasteiger partial charge in [-0.25, -0.2) is 28.4 Å². The van der Waals surface area contributed by atoms with Gasteiger partial charge < -0.3 is 16.6 Å². The highest BCUT2D eigenvalue weighted by Gasteiger charge is 2.17. The third-order valence-electron chi connectivity index (χ3n) is 4.31. The second-order valence-corrected chi connectivity index (χ2v) is 6.65. The minimum atomic E-state index is -1.24. The van der Waals surface area contributed by atoms with Gasteiger partial charge in [-0.1, -0.05) is 17.4 Å². The standard InChI is InChI=1S/C9H10N6O3.C7H6N6O4/c1-2-5(16)3-15-9(18)14-4-11-6(7(10)17)8(14)12-13-15;8-5(16)4-6-10-11-13(1-3(14)15)7(17)12(6)2-9-4/h4H,2-3H2,1H3,(H2,10,17);2H,1H2,(H2,8,16)(H,14,15). The number of amides is 2. The zero-order valence-electron chi connectivity index (χ0n) is 17.8. The monoisotopic (exact) mass is 488 g/mol. The lowest BCUT2D eigenvalue weighted by Gasteiger charge is -2.01. The first-order valence-electron chi connectivity index (χ1n) is 9.49. The van der Waals surface area contributed by atoms with Crippen LogP contribution in [0.15, 0.2) is 22.2 Å². The maximum absolute atomic E-state index is 11.9. The van der Waals surface area contributed by atoms with Gasteiger partial charge in [0.1, 0.15) is 25.7 Å². The van der Waals surface area contributed by atoms with E-state index in [2.05, 4.69) is 30.6 Å². The van der Waals surface area contributed by atoms with Crippen molar-refractivity contribution in [3.63, 3.8) is 0 Å². The van der Waals surface area contributed by atoms with E-state index in [1.54, 1.807) is 6.92 Å². The summed E-state index contributed by atoms with van der Waals surface area (Å²) >= 11 is 0. The number of carbonyl (C=O) groups excluding carboxylic acids is 3. The molecule has 0 aliphatic carbocycles. The number of ketones is 1. The van der Waals surface area contributed by atoms with Gasteiger partial charge in [0, 0.05) is 6.42 Å². The summed E-state index contributed by atoms with van der Waals surface area (Å²) in [5, 5.41) is 22.7. The van der Waals surface area contributed by atoms with E-state index in [1.165, 1.54) is 0 Å². The fourth-order valence-electron chi connectivity index (χ4n) is 2.63. The molecule has 19 heteroatoms. The molecular formula is C16H16N12O7.